The zero-order valence-electron chi connectivity index (χ0n) is 13.1. The number of nitro groups is 1. The molecule has 1 amide bonds. The summed E-state index contributed by atoms with van der Waals surface area (Å²) >= 11 is 0. The smallest absolute Gasteiger partial charge is 0.407 e. The minimum Gasteiger partial charge on any atom is -0.444 e. The van der Waals surface area contributed by atoms with Crippen LogP contribution in [0.25, 0.3) is 0 Å². The SMILES string of the molecule is CC(C)(C)OC(=O)NC1CCC(Cn2cnc([N+](=O)[O-])c2)C1. The summed E-state index contributed by atoms with van der Waals surface area (Å²) in [7, 11) is 0. The lowest BCUT2D eigenvalue weighted by Gasteiger charge is -2.21. The van der Waals surface area contributed by atoms with Crippen molar-refractivity contribution in [1.29, 1.82) is 0 Å². The molecule has 122 valence electrons. The third-order valence-electron chi connectivity index (χ3n) is 3.54. The zero-order chi connectivity index (χ0) is 16.3. The van der Waals surface area contributed by atoms with Gasteiger partial charge in [0.2, 0.25) is 6.33 Å². The number of nitrogens with one attached hydrogen (secondary N) is 1. The summed E-state index contributed by atoms with van der Waals surface area (Å²) in [4.78, 5) is 25.6. The molecule has 0 radical (unpaired) electrons. The van der Waals surface area contributed by atoms with E-state index >= 15 is 0 Å². The van der Waals surface area contributed by atoms with E-state index in [4.69, 9.17) is 4.74 Å². The molecule has 0 saturated heterocycles. The van der Waals surface area contributed by atoms with Gasteiger partial charge in [-0.25, -0.2) is 4.79 Å². The number of nitrogens with zero attached hydrogens (tertiary/aromatic N) is 3. The van der Waals surface area contributed by atoms with Crippen LogP contribution in [0.3, 0.4) is 0 Å². The van der Waals surface area contributed by atoms with E-state index in [9.17, 15) is 14.9 Å². The standard InChI is InChI=1S/C14H22N4O4/c1-14(2,3)22-13(19)16-11-5-4-10(6-11)7-17-8-12(15-9-17)18(20)21/h8-11H,4-7H2,1-3H3,(H,16,19). The normalized spacial score (nSPS) is 21.6. The van der Waals surface area contributed by atoms with E-state index in [0.717, 1.165) is 19.3 Å². The van der Waals surface area contributed by atoms with Crippen molar-refractivity contribution < 1.29 is 14.5 Å². The number of alkyl carbamates (subject to hydrolysis) is 1. The third-order valence-corrected chi connectivity index (χ3v) is 3.54. The van der Waals surface area contributed by atoms with E-state index in [-0.39, 0.29) is 11.9 Å². The molecule has 1 N–H and O–H groups in total. The maximum absolute atomic E-state index is 11.7. The van der Waals surface area contributed by atoms with Crippen LogP contribution in [-0.4, -0.2) is 32.2 Å². The van der Waals surface area contributed by atoms with E-state index in [1.807, 2.05) is 20.8 Å². The summed E-state index contributed by atoms with van der Waals surface area (Å²) in [6, 6.07) is 0.0957. The summed E-state index contributed by atoms with van der Waals surface area (Å²) in [5.74, 6) is 0.232. The molecule has 1 heterocycles. The number of carbonyl (C=O) groups is 1. The fourth-order valence-electron chi connectivity index (χ4n) is 2.69. The Bertz CT molecular complexity index is 549. The molecule has 0 aromatic carbocycles. The van der Waals surface area contributed by atoms with Crippen LogP contribution in [-0.2, 0) is 11.3 Å². The van der Waals surface area contributed by atoms with Gasteiger partial charge >= 0.3 is 11.9 Å². The first-order valence-electron chi connectivity index (χ1n) is 7.38. The summed E-state index contributed by atoms with van der Waals surface area (Å²) in [5.41, 5.74) is -0.502. The second-order valence-corrected chi connectivity index (χ2v) is 6.71. The lowest BCUT2D eigenvalue weighted by atomic mass is 10.1. The van der Waals surface area contributed by atoms with Gasteiger partial charge in [-0.3, -0.25) is 0 Å². The largest absolute Gasteiger partial charge is 0.444 e. The first-order chi connectivity index (χ1) is 10.2. The maximum atomic E-state index is 11.7. The van der Waals surface area contributed by atoms with Gasteiger partial charge in [-0.2, -0.15) is 0 Å². The molecule has 1 fully saturated rings. The molecule has 1 saturated carbocycles. The first-order valence-corrected chi connectivity index (χ1v) is 7.38. The topological polar surface area (TPSA) is 99.3 Å². The van der Waals surface area contributed by atoms with Gasteiger partial charge in [0.05, 0.1) is 0 Å². The second-order valence-electron chi connectivity index (χ2n) is 6.71. The van der Waals surface area contributed by atoms with Gasteiger partial charge < -0.3 is 24.7 Å². The Kier molecular flexibility index (Phi) is 4.68. The van der Waals surface area contributed by atoms with Gasteiger partial charge in [0.1, 0.15) is 11.8 Å². The first kappa shape index (κ1) is 16.3. The molecule has 2 rings (SSSR count). The minimum atomic E-state index is -0.502. The van der Waals surface area contributed by atoms with E-state index in [2.05, 4.69) is 10.3 Å². The predicted octanol–water partition coefficient (Wildman–Crippen LogP) is 2.48. The fraction of sp³-hybridized carbons (Fsp3) is 0.714. The molecule has 2 unspecified atom stereocenters. The molecule has 1 aliphatic carbocycles. The summed E-state index contributed by atoms with van der Waals surface area (Å²) < 4.78 is 6.98. The quantitative estimate of drug-likeness (QED) is 0.680. The average Bonchev–Trinajstić information content (AvgIpc) is 2.97. The van der Waals surface area contributed by atoms with Gasteiger partial charge in [-0.15, -0.1) is 0 Å². The maximum Gasteiger partial charge on any atom is 0.407 e. The molecule has 0 spiro atoms. The predicted molar refractivity (Wildman–Crippen MR) is 79.4 cm³/mol. The van der Waals surface area contributed by atoms with E-state index in [1.54, 1.807) is 4.57 Å². The van der Waals surface area contributed by atoms with Gasteiger partial charge in [-0.05, 0) is 55.9 Å². The highest BCUT2D eigenvalue weighted by Gasteiger charge is 2.28. The van der Waals surface area contributed by atoms with Crippen molar-refractivity contribution in [1.82, 2.24) is 14.9 Å². The number of hydrogen-bond donors (Lipinski definition) is 1. The molecular formula is C14H22N4O4. The van der Waals surface area contributed by atoms with Gasteiger partial charge in [0, 0.05) is 12.6 Å². The number of carbonyl (C=O) groups excluding carboxylic acids is 1. The highest BCUT2D eigenvalue weighted by atomic mass is 16.6. The number of ether oxygens (including phenoxy) is 1. The lowest BCUT2D eigenvalue weighted by molar-refractivity contribution is -0.389. The molecule has 1 aliphatic rings. The van der Waals surface area contributed by atoms with Crippen LogP contribution in [0.4, 0.5) is 10.6 Å². The van der Waals surface area contributed by atoms with Crippen molar-refractivity contribution in [2.45, 2.75) is 58.2 Å². The molecule has 0 bridgehead atoms. The summed E-state index contributed by atoms with van der Waals surface area (Å²) in [6.45, 7) is 6.16. The summed E-state index contributed by atoms with van der Waals surface area (Å²) in [6.07, 6.45) is 5.22. The Morgan fingerprint density at radius 3 is 2.86 bits per heavy atom. The third kappa shape index (κ3) is 4.71. The highest BCUT2D eigenvalue weighted by molar-refractivity contribution is 5.68. The van der Waals surface area contributed by atoms with Crippen LogP contribution in [0, 0.1) is 16.0 Å². The van der Waals surface area contributed by atoms with Crippen molar-refractivity contribution in [3.63, 3.8) is 0 Å². The van der Waals surface area contributed by atoms with Gasteiger partial charge in [0.15, 0.2) is 0 Å². The number of imidazole rings is 1. The molecule has 8 heteroatoms. The molecule has 8 nitrogen and oxygen atoms in total. The van der Waals surface area contributed by atoms with E-state index in [1.165, 1.54) is 12.5 Å². The Morgan fingerprint density at radius 2 is 2.27 bits per heavy atom. The van der Waals surface area contributed by atoms with Crippen molar-refractivity contribution >= 4 is 11.9 Å². The van der Waals surface area contributed by atoms with Crippen molar-refractivity contribution in [3.05, 3.63) is 22.6 Å². The van der Waals surface area contributed by atoms with E-state index < -0.39 is 16.6 Å². The van der Waals surface area contributed by atoms with Crippen LogP contribution in [0.15, 0.2) is 12.5 Å². The van der Waals surface area contributed by atoms with Crippen LogP contribution >= 0.6 is 0 Å². The number of amides is 1. The Morgan fingerprint density at radius 1 is 1.55 bits per heavy atom. The van der Waals surface area contributed by atoms with Crippen molar-refractivity contribution in [2.24, 2.45) is 5.92 Å². The van der Waals surface area contributed by atoms with Crippen LogP contribution in [0.5, 0.6) is 0 Å². The molecule has 0 aliphatic heterocycles. The van der Waals surface area contributed by atoms with Gasteiger partial charge in [-0.1, -0.05) is 0 Å². The Labute approximate surface area is 129 Å². The van der Waals surface area contributed by atoms with Crippen molar-refractivity contribution in [3.8, 4) is 0 Å². The molecule has 22 heavy (non-hydrogen) atoms. The molecule has 1 aromatic rings. The van der Waals surface area contributed by atoms with Crippen LogP contribution in [0.1, 0.15) is 40.0 Å². The fourth-order valence-corrected chi connectivity index (χ4v) is 2.69. The number of hydrogen-bond acceptors (Lipinski definition) is 5. The summed E-state index contributed by atoms with van der Waals surface area (Å²) in [5, 5.41) is 13.5. The lowest BCUT2D eigenvalue weighted by Crippen LogP contribution is -2.38. The average molecular weight is 310 g/mol. The Balaban J connectivity index is 1.80. The highest BCUT2D eigenvalue weighted by Crippen LogP contribution is 2.27. The van der Waals surface area contributed by atoms with Crippen LogP contribution in [0.2, 0.25) is 0 Å². The minimum absolute atomic E-state index is 0.0957. The molecule has 1 aromatic heterocycles. The monoisotopic (exact) mass is 310 g/mol. The zero-order valence-corrected chi connectivity index (χ0v) is 13.1. The number of aromatic nitrogens is 2. The van der Waals surface area contributed by atoms with Crippen molar-refractivity contribution in [2.75, 3.05) is 0 Å². The van der Waals surface area contributed by atoms with Gasteiger partial charge in [0.25, 0.3) is 0 Å². The molecular weight excluding hydrogens is 288 g/mol. The second kappa shape index (κ2) is 6.33. The van der Waals surface area contributed by atoms with Crippen LogP contribution < -0.4 is 5.32 Å². The molecule has 2 atom stereocenters. The number of rotatable bonds is 4. The van der Waals surface area contributed by atoms with E-state index in [0.29, 0.717) is 12.5 Å². The Hall–Kier alpha value is -2.12.